The Morgan fingerprint density at radius 1 is 1.26 bits per heavy atom. The first-order valence-electron chi connectivity index (χ1n) is 7.75. The molecule has 0 unspecified atom stereocenters. The average Bonchev–Trinajstić information content (AvgIpc) is 2.48. The molecular formula is C16H25N3. The Morgan fingerprint density at radius 2 is 2.11 bits per heavy atom. The van der Waals surface area contributed by atoms with Gasteiger partial charge in [0.25, 0.3) is 0 Å². The van der Waals surface area contributed by atoms with Gasteiger partial charge in [0.2, 0.25) is 0 Å². The lowest BCUT2D eigenvalue weighted by molar-refractivity contribution is 0.242. The van der Waals surface area contributed by atoms with Gasteiger partial charge in [-0.1, -0.05) is 18.9 Å². The summed E-state index contributed by atoms with van der Waals surface area (Å²) < 4.78 is 0. The van der Waals surface area contributed by atoms with Crippen LogP contribution in [0.4, 0.5) is 5.82 Å². The van der Waals surface area contributed by atoms with Crippen molar-refractivity contribution in [2.24, 2.45) is 5.92 Å². The summed E-state index contributed by atoms with van der Waals surface area (Å²) in [5.74, 6) is 2.14. The van der Waals surface area contributed by atoms with Gasteiger partial charge < -0.3 is 10.2 Å². The third-order valence-corrected chi connectivity index (χ3v) is 4.75. The van der Waals surface area contributed by atoms with Gasteiger partial charge in [0.1, 0.15) is 5.82 Å². The second-order valence-electron chi connectivity index (χ2n) is 5.96. The van der Waals surface area contributed by atoms with Gasteiger partial charge in [-0.15, -0.1) is 0 Å². The molecule has 1 N–H and O–H groups in total. The fourth-order valence-electron chi connectivity index (χ4n) is 3.91. The van der Waals surface area contributed by atoms with Gasteiger partial charge in [0.05, 0.1) is 0 Å². The van der Waals surface area contributed by atoms with E-state index < -0.39 is 0 Å². The van der Waals surface area contributed by atoms with Crippen molar-refractivity contribution in [2.75, 3.05) is 18.5 Å². The standard InChI is InChI=1S/C16H25N3/c1-17-12-14-7-4-10-18-16(14)19-11-5-8-13-6-2-3-9-15(13)19/h4,7,10,13,15,17H,2-3,5-6,8-9,11-12H2,1H3/t13-,15-/m1/s1. The molecule has 3 heteroatoms. The lowest BCUT2D eigenvalue weighted by Crippen LogP contribution is -2.47. The van der Waals surface area contributed by atoms with E-state index in [0.717, 1.165) is 18.5 Å². The number of hydrogen-bond donors (Lipinski definition) is 1. The molecule has 19 heavy (non-hydrogen) atoms. The van der Waals surface area contributed by atoms with Crippen LogP contribution in [0.2, 0.25) is 0 Å². The highest BCUT2D eigenvalue weighted by molar-refractivity contribution is 5.48. The first kappa shape index (κ1) is 12.9. The van der Waals surface area contributed by atoms with Crippen LogP contribution in [0.25, 0.3) is 0 Å². The Balaban J connectivity index is 1.87. The maximum absolute atomic E-state index is 4.70. The van der Waals surface area contributed by atoms with E-state index >= 15 is 0 Å². The van der Waals surface area contributed by atoms with Gasteiger partial charge in [-0.3, -0.25) is 0 Å². The van der Waals surface area contributed by atoms with Crippen LogP contribution in [0.1, 0.15) is 44.1 Å². The van der Waals surface area contributed by atoms with E-state index in [1.54, 1.807) is 0 Å². The molecule has 2 atom stereocenters. The van der Waals surface area contributed by atoms with Crippen molar-refractivity contribution in [3.63, 3.8) is 0 Å². The Kier molecular flexibility index (Phi) is 4.02. The summed E-state index contributed by atoms with van der Waals surface area (Å²) in [6, 6.07) is 5.01. The molecule has 2 heterocycles. The predicted molar refractivity (Wildman–Crippen MR) is 79.3 cm³/mol. The second-order valence-corrected chi connectivity index (χ2v) is 5.96. The Labute approximate surface area is 116 Å². The van der Waals surface area contributed by atoms with Crippen LogP contribution in [-0.4, -0.2) is 24.6 Å². The van der Waals surface area contributed by atoms with Crippen molar-refractivity contribution in [3.05, 3.63) is 23.9 Å². The number of nitrogens with zero attached hydrogens (tertiary/aromatic N) is 2. The number of pyridine rings is 1. The lowest BCUT2D eigenvalue weighted by atomic mass is 9.78. The first-order valence-corrected chi connectivity index (χ1v) is 7.75. The van der Waals surface area contributed by atoms with Gasteiger partial charge in [-0.05, 0) is 44.7 Å². The molecule has 2 aliphatic rings. The number of hydrogen-bond acceptors (Lipinski definition) is 3. The highest BCUT2D eigenvalue weighted by Crippen LogP contribution is 2.37. The Morgan fingerprint density at radius 3 is 3.00 bits per heavy atom. The zero-order valence-electron chi connectivity index (χ0n) is 11.9. The monoisotopic (exact) mass is 259 g/mol. The number of piperidine rings is 1. The summed E-state index contributed by atoms with van der Waals surface area (Å²) in [5, 5.41) is 3.27. The SMILES string of the molecule is CNCc1cccnc1N1CCC[C@H]2CCCC[C@H]21. The average molecular weight is 259 g/mol. The Hall–Kier alpha value is -1.09. The quantitative estimate of drug-likeness (QED) is 0.904. The number of rotatable bonds is 3. The molecule has 1 aromatic heterocycles. The Bertz CT molecular complexity index is 416. The number of nitrogens with one attached hydrogen (secondary N) is 1. The van der Waals surface area contributed by atoms with E-state index in [2.05, 4.69) is 22.3 Å². The summed E-state index contributed by atoms with van der Waals surface area (Å²) in [4.78, 5) is 7.31. The summed E-state index contributed by atoms with van der Waals surface area (Å²) in [7, 11) is 2.01. The molecule has 1 saturated carbocycles. The van der Waals surface area contributed by atoms with E-state index in [-0.39, 0.29) is 0 Å². The van der Waals surface area contributed by atoms with Gasteiger partial charge >= 0.3 is 0 Å². The van der Waals surface area contributed by atoms with Crippen molar-refractivity contribution in [2.45, 2.75) is 51.1 Å². The molecule has 104 valence electrons. The molecule has 0 aromatic carbocycles. The first-order chi connectivity index (χ1) is 9.40. The third kappa shape index (κ3) is 2.62. The summed E-state index contributed by atoms with van der Waals surface area (Å²) in [6.07, 6.45) is 10.3. The molecule has 1 aliphatic heterocycles. The van der Waals surface area contributed by atoms with Crippen molar-refractivity contribution in [1.29, 1.82) is 0 Å². The molecule has 3 rings (SSSR count). The molecule has 0 spiro atoms. The van der Waals surface area contributed by atoms with Crippen LogP contribution in [0.5, 0.6) is 0 Å². The normalized spacial score (nSPS) is 27.1. The van der Waals surface area contributed by atoms with Crippen molar-refractivity contribution in [3.8, 4) is 0 Å². The summed E-state index contributed by atoms with van der Waals surface area (Å²) in [5.41, 5.74) is 1.34. The molecular weight excluding hydrogens is 234 g/mol. The fourth-order valence-corrected chi connectivity index (χ4v) is 3.91. The maximum Gasteiger partial charge on any atom is 0.133 e. The van der Waals surface area contributed by atoms with Crippen LogP contribution < -0.4 is 10.2 Å². The minimum absolute atomic E-state index is 0.744. The van der Waals surface area contributed by atoms with Crippen LogP contribution in [0.15, 0.2) is 18.3 Å². The lowest BCUT2D eigenvalue weighted by Gasteiger charge is -2.45. The number of fused-ring (bicyclic) bond motifs is 1. The van der Waals surface area contributed by atoms with Gasteiger partial charge in [-0.2, -0.15) is 0 Å². The highest BCUT2D eigenvalue weighted by atomic mass is 15.2. The van der Waals surface area contributed by atoms with E-state index in [1.807, 2.05) is 13.2 Å². The van der Waals surface area contributed by atoms with E-state index in [1.165, 1.54) is 56.5 Å². The smallest absolute Gasteiger partial charge is 0.133 e. The topological polar surface area (TPSA) is 28.2 Å². The minimum atomic E-state index is 0.744. The van der Waals surface area contributed by atoms with Crippen LogP contribution in [0, 0.1) is 5.92 Å². The summed E-state index contributed by atoms with van der Waals surface area (Å²) in [6.45, 7) is 2.10. The van der Waals surface area contributed by atoms with Gasteiger partial charge in [0, 0.05) is 30.9 Å². The highest BCUT2D eigenvalue weighted by Gasteiger charge is 2.34. The minimum Gasteiger partial charge on any atom is -0.353 e. The fraction of sp³-hybridized carbons (Fsp3) is 0.688. The summed E-state index contributed by atoms with van der Waals surface area (Å²) >= 11 is 0. The zero-order valence-corrected chi connectivity index (χ0v) is 11.9. The van der Waals surface area contributed by atoms with Crippen LogP contribution in [-0.2, 0) is 6.54 Å². The van der Waals surface area contributed by atoms with Crippen molar-refractivity contribution in [1.82, 2.24) is 10.3 Å². The molecule has 3 nitrogen and oxygen atoms in total. The second kappa shape index (κ2) is 5.91. The van der Waals surface area contributed by atoms with E-state index in [0.29, 0.717) is 0 Å². The molecule has 2 fully saturated rings. The van der Waals surface area contributed by atoms with Crippen LogP contribution >= 0.6 is 0 Å². The largest absolute Gasteiger partial charge is 0.353 e. The molecule has 0 bridgehead atoms. The molecule has 1 aliphatic carbocycles. The molecule has 1 saturated heterocycles. The molecule has 0 amide bonds. The van der Waals surface area contributed by atoms with E-state index in [4.69, 9.17) is 4.98 Å². The van der Waals surface area contributed by atoms with Gasteiger partial charge in [0.15, 0.2) is 0 Å². The molecule has 1 aromatic rings. The number of aromatic nitrogens is 1. The van der Waals surface area contributed by atoms with E-state index in [9.17, 15) is 0 Å². The number of anilines is 1. The predicted octanol–water partition coefficient (Wildman–Crippen LogP) is 2.96. The van der Waals surface area contributed by atoms with Crippen molar-refractivity contribution >= 4 is 5.82 Å². The maximum atomic E-state index is 4.70. The van der Waals surface area contributed by atoms with Crippen molar-refractivity contribution < 1.29 is 0 Å². The third-order valence-electron chi connectivity index (χ3n) is 4.75. The van der Waals surface area contributed by atoms with Gasteiger partial charge in [-0.25, -0.2) is 4.98 Å². The molecule has 0 radical (unpaired) electrons. The zero-order chi connectivity index (χ0) is 13.1. The van der Waals surface area contributed by atoms with Crippen LogP contribution in [0.3, 0.4) is 0 Å².